The van der Waals surface area contributed by atoms with Crippen molar-refractivity contribution >= 4 is 22.6 Å². The van der Waals surface area contributed by atoms with Gasteiger partial charge in [-0.3, -0.25) is 0 Å². The molecule has 0 saturated carbocycles. The van der Waals surface area contributed by atoms with E-state index in [0.717, 1.165) is 15.9 Å². The highest BCUT2D eigenvalue weighted by atomic mass is 127. The van der Waals surface area contributed by atoms with Crippen LogP contribution < -0.4 is 4.74 Å². The Balaban J connectivity index is 2.18. The highest BCUT2D eigenvalue weighted by molar-refractivity contribution is 14.1. The maximum Gasteiger partial charge on any atom is 0.219 e. The number of aromatic nitrogens is 2. The maximum atomic E-state index is 5.63. The molecule has 0 aliphatic heterocycles. The molecule has 0 atom stereocenters. The molecule has 0 radical (unpaired) electrons. The minimum absolute atomic E-state index is 0.600. The molecule has 0 aromatic carbocycles. The number of halogens is 1. The van der Waals surface area contributed by atoms with Crippen LogP contribution >= 0.6 is 22.6 Å². The number of hydrogen-bond acceptors (Lipinski definition) is 3. The third-order valence-electron chi connectivity index (χ3n) is 2.15. The number of pyridine rings is 2. The molecule has 16 heavy (non-hydrogen) atoms. The van der Waals surface area contributed by atoms with Crippen molar-refractivity contribution < 1.29 is 4.74 Å². The molecular weight excluding hydrogens is 315 g/mol. The molecule has 2 rings (SSSR count). The fraction of sp³-hybridized carbons (Fsp3) is 0.167. The summed E-state index contributed by atoms with van der Waals surface area (Å²) in [7, 11) is 0. The standard InChI is InChI=1S/C12H11IN2O/c1-2-9-5-6-11(15-8-9)16-10-4-3-7-14-12(10)13/h3-8H,2H2,1H3. The number of hydrogen-bond donors (Lipinski definition) is 0. The van der Waals surface area contributed by atoms with Gasteiger partial charge in [0.25, 0.3) is 0 Å². The van der Waals surface area contributed by atoms with Crippen LogP contribution in [0.15, 0.2) is 36.7 Å². The van der Waals surface area contributed by atoms with E-state index in [-0.39, 0.29) is 0 Å². The lowest BCUT2D eigenvalue weighted by Crippen LogP contribution is -1.92. The van der Waals surface area contributed by atoms with Crippen molar-refractivity contribution in [3.8, 4) is 11.6 Å². The van der Waals surface area contributed by atoms with Gasteiger partial charge < -0.3 is 4.74 Å². The fourth-order valence-corrected chi connectivity index (χ4v) is 1.69. The van der Waals surface area contributed by atoms with Crippen LogP contribution in [0.25, 0.3) is 0 Å². The molecule has 0 bridgehead atoms. The van der Waals surface area contributed by atoms with Gasteiger partial charge in [-0.25, -0.2) is 9.97 Å². The summed E-state index contributed by atoms with van der Waals surface area (Å²) >= 11 is 2.14. The first-order valence-electron chi connectivity index (χ1n) is 5.03. The fourth-order valence-electron chi connectivity index (χ4n) is 1.24. The molecule has 0 amide bonds. The van der Waals surface area contributed by atoms with E-state index in [9.17, 15) is 0 Å². The largest absolute Gasteiger partial charge is 0.436 e. The smallest absolute Gasteiger partial charge is 0.219 e. The summed E-state index contributed by atoms with van der Waals surface area (Å²) < 4.78 is 6.46. The zero-order chi connectivity index (χ0) is 11.4. The van der Waals surface area contributed by atoms with Crippen LogP contribution in [-0.2, 0) is 6.42 Å². The van der Waals surface area contributed by atoms with Crippen molar-refractivity contribution in [3.05, 3.63) is 45.9 Å². The van der Waals surface area contributed by atoms with Crippen LogP contribution in [0.1, 0.15) is 12.5 Å². The first kappa shape index (κ1) is 11.3. The molecule has 3 nitrogen and oxygen atoms in total. The Kier molecular flexibility index (Phi) is 3.71. The molecular formula is C12H11IN2O. The normalized spacial score (nSPS) is 10.1. The third kappa shape index (κ3) is 2.69. The van der Waals surface area contributed by atoms with E-state index in [1.165, 1.54) is 5.56 Å². The molecule has 2 heterocycles. The molecule has 0 saturated heterocycles. The Labute approximate surface area is 108 Å². The first-order valence-corrected chi connectivity index (χ1v) is 6.10. The molecule has 2 aromatic rings. The van der Waals surface area contributed by atoms with Crippen LogP contribution in [0, 0.1) is 3.70 Å². The lowest BCUT2D eigenvalue weighted by atomic mass is 10.2. The van der Waals surface area contributed by atoms with Gasteiger partial charge in [0.1, 0.15) is 3.70 Å². The van der Waals surface area contributed by atoms with Crippen molar-refractivity contribution in [2.45, 2.75) is 13.3 Å². The van der Waals surface area contributed by atoms with E-state index in [0.29, 0.717) is 5.88 Å². The highest BCUT2D eigenvalue weighted by Crippen LogP contribution is 2.23. The van der Waals surface area contributed by atoms with Crippen LogP contribution in [0.5, 0.6) is 11.6 Å². The van der Waals surface area contributed by atoms with Crippen molar-refractivity contribution in [3.63, 3.8) is 0 Å². The van der Waals surface area contributed by atoms with E-state index in [2.05, 4.69) is 39.5 Å². The summed E-state index contributed by atoms with van der Waals surface area (Å²) in [6.07, 6.45) is 4.55. The molecule has 2 aromatic heterocycles. The van der Waals surface area contributed by atoms with E-state index >= 15 is 0 Å². The van der Waals surface area contributed by atoms with E-state index in [1.807, 2.05) is 30.5 Å². The Morgan fingerprint density at radius 1 is 1.25 bits per heavy atom. The lowest BCUT2D eigenvalue weighted by Gasteiger charge is -2.05. The van der Waals surface area contributed by atoms with Gasteiger partial charge in [-0.15, -0.1) is 0 Å². The second-order valence-corrected chi connectivity index (χ2v) is 4.27. The number of ether oxygens (including phenoxy) is 1. The topological polar surface area (TPSA) is 35.0 Å². The Morgan fingerprint density at radius 3 is 2.75 bits per heavy atom. The van der Waals surface area contributed by atoms with Crippen LogP contribution in [0.3, 0.4) is 0 Å². The van der Waals surface area contributed by atoms with Gasteiger partial charge in [0.2, 0.25) is 5.88 Å². The van der Waals surface area contributed by atoms with Crippen molar-refractivity contribution in [2.24, 2.45) is 0 Å². The number of nitrogens with zero attached hydrogens (tertiary/aromatic N) is 2. The maximum absolute atomic E-state index is 5.63. The zero-order valence-corrected chi connectivity index (χ0v) is 11.0. The summed E-state index contributed by atoms with van der Waals surface area (Å²) in [5.41, 5.74) is 1.20. The minimum atomic E-state index is 0.600. The van der Waals surface area contributed by atoms with Gasteiger partial charge in [-0.2, -0.15) is 0 Å². The second kappa shape index (κ2) is 5.25. The molecule has 4 heteroatoms. The molecule has 82 valence electrons. The summed E-state index contributed by atoms with van der Waals surface area (Å²) in [5, 5.41) is 0. The van der Waals surface area contributed by atoms with Gasteiger partial charge in [0.05, 0.1) is 0 Å². The Morgan fingerprint density at radius 2 is 2.12 bits per heavy atom. The van der Waals surface area contributed by atoms with Gasteiger partial charge in [0, 0.05) is 18.5 Å². The molecule has 0 fully saturated rings. The second-order valence-electron chi connectivity index (χ2n) is 3.25. The summed E-state index contributed by atoms with van der Waals surface area (Å²) in [6, 6.07) is 7.62. The average molecular weight is 326 g/mol. The molecule has 0 aliphatic rings. The number of rotatable bonds is 3. The van der Waals surface area contributed by atoms with E-state index in [1.54, 1.807) is 6.20 Å². The minimum Gasteiger partial charge on any atom is -0.436 e. The van der Waals surface area contributed by atoms with Gasteiger partial charge in [-0.1, -0.05) is 13.0 Å². The third-order valence-corrected chi connectivity index (χ3v) is 2.96. The van der Waals surface area contributed by atoms with Crippen LogP contribution in [0.2, 0.25) is 0 Å². The summed E-state index contributed by atoms with van der Waals surface area (Å²) in [4.78, 5) is 8.38. The van der Waals surface area contributed by atoms with Crippen LogP contribution in [-0.4, -0.2) is 9.97 Å². The molecule has 0 aliphatic carbocycles. The van der Waals surface area contributed by atoms with Gasteiger partial charge >= 0.3 is 0 Å². The predicted octanol–water partition coefficient (Wildman–Crippen LogP) is 3.44. The highest BCUT2D eigenvalue weighted by Gasteiger charge is 2.03. The Bertz CT molecular complexity index is 471. The monoisotopic (exact) mass is 326 g/mol. The average Bonchev–Trinajstić information content (AvgIpc) is 2.33. The first-order chi connectivity index (χ1) is 7.79. The lowest BCUT2D eigenvalue weighted by molar-refractivity contribution is 0.456. The SMILES string of the molecule is CCc1ccc(Oc2cccnc2I)nc1. The van der Waals surface area contributed by atoms with Gasteiger partial charge in [-0.05, 0) is 46.7 Å². The predicted molar refractivity (Wildman–Crippen MR) is 70.6 cm³/mol. The summed E-state index contributed by atoms with van der Waals surface area (Å²) in [6.45, 7) is 2.10. The zero-order valence-electron chi connectivity index (χ0n) is 8.85. The molecule has 0 N–H and O–H groups in total. The molecule has 0 spiro atoms. The van der Waals surface area contributed by atoms with Crippen molar-refractivity contribution in [2.75, 3.05) is 0 Å². The summed E-state index contributed by atoms with van der Waals surface area (Å²) in [5.74, 6) is 1.34. The Hall–Kier alpha value is -1.17. The van der Waals surface area contributed by atoms with Crippen molar-refractivity contribution in [1.82, 2.24) is 9.97 Å². The van der Waals surface area contributed by atoms with Crippen LogP contribution in [0.4, 0.5) is 0 Å². The van der Waals surface area contributed by atoms with Crippen molar-refractivity contribution in [1.29, 1.82) is 0 Å². The number of aryl methyl sites for hydroxylation is 1. The van der Waals surface area contributed by atoms with E-state index < -0.39 is 0 Å². The van der Waals surface area contributed by atoms with E-state index in [4.69, 9.17) is 4.74 Å². The quantitative estimate of drug-likeness (QED) is 0.640. The molecule has 0 unspecified atom stereocenters. The van der Waals surface area contributed by atoms with Gasteiger partial charge in [0.15, 0.2) is 5.75 Å².